The largest absolute Gasteiger partial charge is 0.478 e. The van der Waals surface area contributed by atoms with Crippen molar-refractivity contribution >= 4 is 48.5 Å². The first-order valence-corrected chi connectivity index (χ1v) is 9.50. The highest BCUT2D eigenvalue weighted by molar-refractivity contribution is 9.10. The first kappa shape index (κ1) is 17.9. The fraction of sp³-hybridized carbons (Fsp3) is 0.263. The van der Waals surface area contributed by atoms with Crippen molar-refractivity contribution in [2.45, 2.75) is 33.3 Å². The molecule has 3 aromatic rings. The van der Waals surface area contributed by atoms with Crippen LogP contribution in [0.2, 0.25) is 0 Å². The number of halogens is 1. The zero-order valence-corrected chi connectivity index (χ0v) is 16.9. The predicted molar refractivity (Wildman–Crippen MR) is 107 cm³/mol. The van der Waals surface area contributed by atoms with Gasteiger partial charge in [-0.05, 0) is 63.1 Å². The quantitative estimate of drug-likeness (QED) is 0.610. The van der Waals surface area contributed by atoms with Crippen molar-refractivity contribution in [3.05, 3.63) is 52.0 Å². The Hall–Kier alpha value is -1.92. The summed E-state index contributed by atoms with van der Waals surface area (Å²) in [6.45, 7) is 7.56. The van der Waals surface area contributed by atoms with Crippen molar-refractivity contribution in [2.24, 2.45) is 0 Å². The molecule has 3 rings (SSSR count). The van der Waals surface area contributed by atoms with Crippen LogP contribution in [0, 0.1) is 13.8 Å². The van der Waals surface area contributed by atoms with Gasteiger partial charge in [0.25, 0.3) is 5.91 Å². The number of nitrogens with one attached hydrogen (secondary N) is 1. The molecule has 0 bridgehead atoms. The lowest BCUT2D eigenvalue weighted by atomic mass is 10.1. The number of aromatic nitrogens is 1. The lowest BCUT2D eigenvalue weighted by molar-refractivity contribution is -0.128. The Morgan fingerprint density at radius 1 is 1.12 bits per heavy atom. The molecule has 4 nitrogen and oxygen atoms in total. The van der Waals surface area contributed by atoms with Crippen molar-refractivity contribution in [3.8, 4) is 5.75 Å². The number of amides is 1. The van der Waals surface area contributed by atoms with Gasteiger partial charge in [0.1, 0.15) is 5.75 Å². The number of carbonyl (C=O) groups is 1. The Labute approximate surface area is 159 Å². The maximum atomic E-state index is 12.7. The summed E-state index contributed by atoms with van der Waals surface area (Å²) in [6, 6.07) is 11.5. The molecule has 6 heteroatoms. The van der Waals surface area contributed by atoms with E-state index < -0.39 is 5.60 Å². The number of carbonyl (C=O) groups excluding carboxylic acids is 1. The normalized spacial score (nSPS) is 11.6. The zero-order chi connectivity index (χ0) is 18.2. The van der Waals surface area contributed by atoms with E-state index in [0.29, 0.717) is 10.9 Å². The molecule has 0 radical (unpaired) electrons. The third kappa shape index (κ3) is 3.85. The van der Waals surface area contributed by atoms with E-state index in [0.717, 1.165) is 25.8 Å². The van der Waals surface area contributed by atoms with Crippen LogP contribution in [0.4, 0.5) is 5.13 Å². The number of anilines is 1. The standard InChI is InChI=1S/C19H19BrN2O2S/c1-11-5-6-12(2)16-15(11)21-18(25-16)22-17(23)19(3,4)24-14-9-7-13(20)8-10-14/h5-10H,1-4H3,(H,21,22,23). The summed E-state index contributed by atoms with van der Waals surface area (Å²) in [5.41, 5.74) is 2.18. The number of hydrogen-bond acceptors (Lipinski definition) is 4. The van der Waals surface area contributed by atoms with Gasteiger partial charge in [-0.1, -0.05) is 39.4 Å². The van der Waals surface area contributed by atoms with Crippen molar-refractivity contribution in [3.63, 3.8) is 0 Å². The number of hydrogen-bond donors (Lipinski definition) is 1. The van der Waals surface area contributed by atoms with Crippen molar-refractivity contribution in [2.75, 3.05) is 5.32 Å². The lowest BCUT2D eigenvalue weighted by Gasteiger charge is -2.24. The molecule has 0 spiro atoms. The molecule has 25 heavy (non-hydrogen) atoms. The second-order valence-corrected chi connectivity index (χ2v) is 8.33. The van der Waals surface area contributed by atoms with Crippen LogP contribution in [0.25, 0.3) is 10.2 Å². The average Bonchev–Trinajstić information content (AvgIpc) is 2.98. The number of nitrogens with zero attached hydrogens (tertiary/aromatic N) is 1. The van der Waals surface area contributed by atoms with Crippen LogP contribution in [0.3, 0.4) is 0 Å². The summed E-state index contributed by atoms with van der Waals surface area (Å²) in [6.07, 6.45) is 0. The van der Waals surface area contributed by atoms with Gasteiger partial charge in [0.15, 0.2) is 10.7 Å². The zero-order valence-electron chi connectivity index (χ0n) is 14.5. The average molecular weight is 419 g/mol. The molecule has 0 aliphatic heterocycles. The minimum absolute atomic E-state index is 0.232. The molecule has 2 aromatic carbocycles. The number of thiazole rings is 1. The molecule has 0 saturated carbocycles. The molecule has 1 heterocycles. The topological polar surface area (TPSA) is 51.2 Å². The van der Waals surface area contributed by atoms with Gasteiger partial charge in [0.05, 0.1) is 10.2 Å². The second kappa shape index (κ2) is 6.77. The summed E-state index contributed by atoms with van der Waals surface area (Å²) in [5, 5.41) is 3.48. The van der Waals surface area contributed by atoms with E-state index in [1.54, 1.807) is 13.8 Å². The number of ether oxygens (including phenoxy) is 1. The van der Waals surface area contributed by atoms with E-state index in [4.69, 9.17) is 4.74 Å². The molecule has 0 saturated heterocycles. The Kier molecular flexibility index (Phi) is 4.84. The van der Waals surface area contributed by atoms with Gasteiger partial charge >= 0.3 is 0 Å². The highest BCUT2D eigenvalue weighted by Gasteiger charge is 2.31. The summed E-state index contributed by atoms with van der Waals surface area (Å²) < 4.78 is 7.92. The highest BCUT2D eigenvalue weighted by Crippen LogP contribution is 2.31. The van der Waals surface area contributed by atoms with Crippen LogP contribution < -0.4 is 10.1 Å². The third-order valence-corrected chi connectivity index (χ3v) is 5.53. The fourth-order valence-electron chi connectivity index (χ4n) is 2.40. The molecule has 130 valence electrons. The molecule has 0 fully saturated rings. The Bertz CT molecular complexity index is 893. The van der Waals surface area contributed by atoms with Gasteiger partial charge < -0.3 is 4.74 Å². The van der Waals surface area contributed by atoms with Crippen LogP contribution in [-0.2, 0) is 4.79 Å². The second-order valence-electron chi connectivity index (χ2n) is 6.42. The van der Waals surface area contributed by atoms with E-state index in [9.17, 15) is 4.79 Å². The van der Waals surface area contributed by atoms with Gasteiger partial charge in [0.2, 0.25) is 0 Å². The van der Waals surface area contributed by atoms with Crippen LogP contribution in [0.1, 0.15) is 25.0 Å². The van der Waals surface area contributed by atoms with E-state index in [1.807, 2.05) is 44.2 Å². The number of rotatable bonds is 4. The molecule has 1 N–H and O–H groups in total. The van der Waals surface area contributed by atoms with Gasteiger partial charge in [-0.3, -0.25) is 10.1 Å². The number of benzene rings is 2. The third-order valence-electron chi connectivity index (χ3n) is 3.90. The predicted octanol–water partition coefficient (Wildman–Crippen LogP) is 5.47. The van der Waals surface area contributed by atoms with Crippen molar-refractivity contribution in [1.82, 2.24) is 4.98 Å². The molecule has 1 aromatic heterocycles. The smallest absolute Gasteiger partial charge is 0.269 e. The van der Waals surface area contributed by atoms with Gasteiger partial charge in [-0.2, -0.15) is 0 Å². The minimum Gasteiger partial charge on any atom is -0.478 e. The summed E-state index contributed by atoms with van der Waals surface area (Å²) in [4.78, 5) is 17.2. The Morgan fingerprint density at radius 2 is 1.76 bits per heavy atom. The van der Waals surface area contributed by atoms with Crippen molar-refractivity contribution < 1.29 is 9.53 Å². The lowest BCUT2D eigenvalue weighted by Crippen LogP contribution is -2.42. The van der Waals surface area contributed by atoms with Crippen LogP contribution in [0.15, 0.2) is 40.9 Å². The van der Waals surface area contributed by atoms with Gasteiger partial charge in [-0.25, -0.2) is 4.98 Å². The monoisotopic (exact) mass is 418 g/mol. The maximum absolute atomic E-state index is 12.7. The minimum atomic E-state index is -1.02. The summed E-state index contributed by atoms with van der Waals surface area (Å²) in [5.74, 6) is 0.407. The molecular formula is C19H19BrN2O2S. The molecular weight excluding hydrogens is 400 g/mol. The van der Waals surface area contributed by atoms with Gasteiger partial charge in [-0.15, -0.1) is 0 Å². The maximum Gasteiger partial charge on any atom is 0.269 e. The first-order valence-electron chi connectivity index (χ1n) is 7.89. The Morgan fingerprint density at radius 3 is 2.40 bits per heavy atom. The summed E-state index contributed by atoms with van der Waals surface area (Å²) >= 11 is 4.87. The first-order chi connectivity index (χ1) is 11.8. The highest BCUT2D eigenvalue weighted by atomic mass is 79.9. The molecule has 0 aliphatic rings. The number of aryl methyl sites for hydroxylation is 2. The van der Waals surface area contributed by atoms with Crippen LogP contribution in [-0.4, -0.2) is 16.5 Å². The van der Waals surface area contributed by atoms with Gasteiger partial charge in [0, 0.05) is 4.47 Å². The van der Waals surface area contributed by atoms with Crippen molar-refractivity contribution in [1.29, 1.82) is 0 Å². The van der Waals surface area contributed by atoms with E-state index in [2.05, 4.69) is 32.3 Å². The Balaban J connectivity index is 1.80. The summed E-state index contributed by atoms with van der Waals surface area (Å²) in [7, 11) is 0. The van der Waals surface area contributed by atoms with E-state index in [1.165, 1.54) is 11.3 Å². The molecule has 0 atom stereocenters. The number of fused-ring (bicyclic) bond motifs is 1. The molecule has 0 unspecified atom stereocenters. The molecule has 0 aliphatic carbocycles. The van der Waals surface area contributed by atoms with E-state index >= 15 is 0 Å². The SMILES string of the molecule is Cc1ccc(C)c2sc(NC(=O)C(C)(C)Oc3ccc(Br)cc3)nc12. The van der Waals surface area contributed by atoms with Crippen LogP contribution >= 0.6 is 27.3 Å². The van der Waals surface area contributed by atoms with E-state index in [-0.39, 0.29) is 5.91 Å². The molecule has 1 amide bonds. The fourth-order valence-corrected chi connectivity index (χ4v) is 3.67. The van der Waals surface area contributed by atoms with Crippen LogP contribution in [0.5, 0.6) is 5.75 Å².